The average molecular weight is 446 g/mol. The lowest BCUT2D eigenvalue weighted by Gasteiger charge is -2.11. The van der Waals surface area contributed by atoms with Gasteiger partial charge >= 0.3 is 11.9 Å². The summed E-state index contributed by atoms with van der Waals surface area (Å²) in [6.45, 7) is 2.79. The lowest BCUT2D eigenvalue weighted by Crippen LogP contribution is -2.11. The van der Waals surface area contributed by atoms with Crippen molar-refractivity contribution in [1.82, 2.24) is 0 Å². The van der Waals surface area contributed by atoms with E-state index in [1.807, 2.05) is 0 Å². The third-order valence-corrected chi connectivity index (χ3v) is 4.98. The second-order valence-electron chi connectivity index (χ2n) is 6.43. The predicted octanol–water partition coefficient (Wildman–Crippen LogP) is 2.87. The molecule has 0 amide bonds. The van der Waals surface area contributed by atoms with Gasteiger partial charge in [-0.05, 0) is 44.2 Å². The van der Waals surface area contributed by atoms with E-state index in [1.165, 1.54) is 31.2 Å². The summed E-state index contributed by atoms with van der Waals surface area (Å²) in [4.78, 5) is 45.4. The molecule has 0 aliphatic rings. The zero-order valence-electron chi connectivity index (χ0n) is 16.5. The van der Waals surface area contributed by atoms with Crippen molar-refractivity contribution in [1.29, 1.82) is 0 Å². The van der Waals surface area contributed by atoms with Crippen LogP contribution in [-0.2, 0) is 19.6 Å². The van der Waals surface area contributed by atoms with Crippen LogP contribution in [0.3, 0.4) is 0 Å². The van der Waals surface area contributed by atoms with Crippen molar-refractivity contribution < 1.29 is 41.6 Å². The Labute approximate surface area is 178 Å². The molecule has 0 bridgehead atoms. The number of rotatable bonds is 8. The summed E-state index contributed by atoms with van der Waals surface area (Å²) in [6.07, 6.45) is 0.962. The van der Waals surface area contributed by atoms with Crippen LogP contribution in [0.25, 0.3) is 0 Å². The van der Waals surface area contributed by atoms with Crippen LogP contribution >= 0.6 is 0 Å². The lowest BCUT2D eigenvalue weighted by atomic mass is 10.1. The van der Waals surface area contributed by atoms with Crippen molar-refractivity contribution in [3.63, 3.8) is 0 Å². The van der Waals surface area contributed by atoms with Crippen molar-refractivity contribution in [3.8, 4) is 0 Å². The van der Waals surface area contributed by atoms with Gasteiger partial charge in [-0.25, -0.2) is 9.59 Å². The smallest absolute Gasteiger partial charge is 0.343 e. The lowest BCUT2D eigenvalue weighted by molar-refractivity contribution is 0.0529. The molecule has 0 atom stereocenters. The summed E-state index contributed by atoms with van der Waals surface area (Å²) in [5.41, 5.74) is 0.627. The van der Waals surface area contributed by atoms with Gasteiger partial charge in [-0.3, -0.25) is 14.1 Å². The molecule has 0 aliphatic carbocycles. The third-order valence-electron chi connectivity index (χ3n) is 4.15. The Bertz CT molecular complexity index is 1160. The van der Waals surface area contributed by atoms with Gasteiger partial charge in [0.2, 0.25) is 0 Å². The van der Waals surface area contributed by atoms with E-state index in [4.69, 9.17) is 14.0 Å². The molecular weight excluding hydrogens is 428 g/mol. The Balaban J connectivity index is 2.10. The molecule has 10 heteroatoms. The van der Waals surface area contributed by atoms with Crippen LogP contribution in [0.5, 0.6) is 0 Å². The summed E-state index contributed by atoms with van der Waals surface area (Å²) in [6, 6.07) is 8.69. The number of hydrogen-bond donors (Lipinski definition) is 1. The van der Waals surface area contributed by atoms with Crippen molar-refractivity contribution >= 4 is 34.6 Å². The molecule has 2 aromatic carbocycles. The van der Waals surface area contributed by atoms with Crippen molar-refractivity contribution in [3.05, 3.63) is 76.1 Å². The Morgan fingerprint density at radius 2 is 1.52 bits per heavy atom. The van der Waals surface area contributed by atoms with Crippen LogP contribution < -0.4 is 0 Å². The molecule has 31 heavy (non-hydrogen) atoms. The second-order valence-corrected chi connectivity index (χ2v) is 7.85. The molecule has 1 N–H and O–H groups in total. The standard InChI is InChI=1S/C21H18O9S/c1-13(12-29-20(24)17-5-3-15(10-22)4-6-17)14(2)30-21(25)18-7-16(11-23)8-19(9-18)31(26,27)28/h3-11H,12H2,1-2H3,(H,26,27,28)/b14-13-. The quantitative estimate of drug-likeness (QED) is 0.280. The SMILES string of the molecule is C/C(COC(=O)c1ccc(C=O)cc1)=C(\C)OC(=O)c1cc(C=O)cc(S(=O)(=O)O)c1. The molecule has 0 aliphatic heterocycles. The van der Waals surface area contributed by atoms with Crippen LogP contribution in [0.15, 0.2) is 58.7 Å². The van der Waals surface area contributed by atoms with Gasteiger partial charge in [-0.2, -0.15) is 8.42 Å². The maximum atomic E-state index is 12.3. The molecule has 0 aromatic heterocycles. The number of carbonyl (C=O) groups excluding carboxylic acids is 4. The number of allylic oxidation sites excluding steroid dienone is 1. The fraction of sp³-hybridized carbons (Fsp3) is 0.143. The summed E-state index contributed by atoms with van der Waals surface area (Å²) in [7, 11) is -4.64. The van der Waals surface area contributed by atoms with Gasteiger partial charge in [0, 0.05) is 16.7 Å². The molecule has 2 aromatic rings. The van der Waals surface area contributed by atoms with E-state index in [-0.39, 0.29) is 29.1 Å². The molecule has 162 valence electrons. The minimum atomic E-state index is -4.64. The highest BCUT2D eigenvalue weighted by Gasteiger charge is 2.18. The average Bonchev–Trinajstić information content (AvgIpc) is 2.76. The molecule has 0 unspecified atom stereocenters. The summed E-state index contributed by atoms with van der Waals surface area (Å²) >= 11 is 0. The molecule has 0 saturated heterocycles. The summed E-state index contributed by atoms with van der Waals surface area (Å²) in [5, 5.41) is 0. The van der Waals surface area contributed by atoms with Crippen LogP contribution in [0.1, 0.15) is 55.3 Å². The first kappa shape index (κ1) is 23.6. The van der Waals surface area contributed by atoms with E-state index in [1.54, 1.807) is 6.92 Å². The van der Waals surface area contributed by atoms with Gasteiger partial charge in [-0.15, -0.1) is 0 Å². The molecule has 9 nitrogen and oxygen atoms in total. The molecular formula is C21H18O9S. The first-order valence-electron chi connectivity index (χ1n) is 8.74. The fourth-order valence-corrected chi connectivity index (χ4v) is 2.86. The Kier molecular flexibility index (Phi) is 7.56. The van der Waals surface area contributed by atoms with Gasteiger partial charge in [0.1, 0.15) is 24.9 Å². The Morgan fingerprint density at radius 3 is 2.06 bits per heavy atom. The van der Waals surface area contributed by atoms with Gasteiger partial charge < -0.3 is 9.47 Å². The highest BCUT2D eigenvalue weighted by Crippen LogP contribution is 2.17. The van der Waals surface area contributed by atoms with E-state index in [0.29, 0.717) is 23.7 Å². The van der Waals surface area contributed by atoms with Gasteiger partial charge in [0.15, 0.2) is 0 Å². The number of carbonyl (C=O) groups is 4. The third kappa shape index (κ3) is 6.43. The van der Waals surface area contributed by atoms with E-state index in [0.717, 1.165) is 18.2 Å². The molecule has 0 heterocycles. The Morgan fingerprint density at radius 1 is 0.903 bits per heavy atom. The maximum Gasteiger partial charge on any atom is 0.343 e. The largest absolute Gasteiger partial charge is 0.457 e. The van der Waals surface area contributed by atoms with E-state index >= 15 is 0 Å². The number of benzene rings is 2. The van der Waals surface area contributed by atoms with Crippen molar-refractivity contribution in [2.45, 2.75) is 18.7 Å². The van der Waals surface area contributed by atoms with E-state index in [2.05, 4.69) is 0 Å². The minimum Gasteiger partial charge on any atom is -0.457 e. The highest BCUT2D eigenvalue weighted by atomic mass is 32.2. The monoisotopic (exact) mass is 446 g/mol. The van der Waals surface area contributed by atoms with Gasteiger partial charge in [0.25, 0.3) is 10.1 Å². The number of esters is 2. The fourth-order valence-electron chi connectivity index (χ4n) is 2.30. The topological polar surface area (TPSA) is 141 Å². The van der Waals surface area contributed by atoms with Crippen LogP contribution in [0.2, 0.25) is 0 Å². The van der Waals surface area contributed by atoms with Crippen molar-refractivity contribution in [2.24, 2.45) is 0 Å². The summed E-state index contributed by atoms with van der Waals surface area (Å²) in [5.74, 6) is -1.52. The number of ether oxygens (including phenoxy) is 2. The zero-order chi connectivity index (χ0) is 23.2. The molecule has 0 saturated carbocycles. The minimum absolute atomic E-state index is 0.0963. The maximum absolute atomic E-state index is 12.3. The second kappa shape index (κ2) is 9.92. The van der Waals surface area contributed by atoms with Gasteiger partial charge in [-0.1, -0.05) is 12.1 Å². The summed E-state index contributed by atoms with van der Waals surface area (Å²) < 4.78 is 42.1. The predicted molar refractivity (Wildman–Crippen MR) is 108 cm³/mol. The molecule has 0 fully saturated rings. The number of hydrogen-bond acceptors (Lipinski definition) is 8. The van der Waals surface area contributed by atoms with Crippen LogP contribution in [0.4, 0.5) is 0 Å². The van der Waals surface area contributed by atoms with Crippen molar-refractivity contribution in [2.75, 3.05) is 6.61 Å². The zero-order valence-corrected chi connectivity index (χ0v) is 17.3. The molecule has 0 radical (unpaired) electrons. The van der Waals surface area contributed by atoms with Gasteiger partial charge in [0.05, 0.1) is 16.0 Å². The molecule has 0 spiro atoms. The van der Waals surface area contributed by atoms with E-state index in [9.17, 15) is 27.6 Å². The Hall–Kier alpha value is -3.63. The first-order chi connectivity index (χ1) is 14.5. The normalized spacial score (nSPS) is 11.8. The van der Waals surface area contributed by atoms with Crippen LogP contribution in [-0.4, -0.2) is 44.1 Å². The van der Waals surface area contributed by atoms with Crippen LogP contribution in [0, 0.1) is 0 Å². The number of aldehydes is 2. The first-order valence-corrected chi connectivity index (χ1v) is 10.2. The van der Waals surface area contributed by atoms with E-state index < -0.39 is 27.0 Å². The highest BCUT2D eigenvalue weighted by molar-refractivity contribution is 7.85. The molecule has 2 rings (SSSR count).